The molecular weight excluding hydrogens is 250 g/mol. The predicted octanol–water partition coefficient (Wildman–Crippen LogP) is 1.63. The summed E-state index contributed by atoms with van der Waals surface area (Å²) in [5, 5.41) is 0. The van der Waals surface area contributed by atoms with Gasteiger partial charge in [-0.05, 0) is 24.9 Å². The second kappa shape index (κ2) is 5.82. The highest BCUT2D eigenvalue weighted by Crippen LogP contribution is 2.20. The Balaban J connectivity index is 1.92. The Morgan fingerprint density at radius 3 is 2.72 bits per heavy atom. The molecule has 1 aromatic rings. The van der Waals surface area contributed by atoms with Crippen molar-refractivity contribution in [2.24, 2.45) is 0 Å². The molecule has 5 heteroatoms. The molecule has 1 saturated heterocycles. The molecule has 100 valence electrons. The van der Waals surface area contributed by atoms with E-state index in [-0.39, 0.29) is 12.6 Å². The summed E-state index contributed by atoms with van der Waals surface area (Å²) in [4.78, 5) is 2.29. The first-order chi connectivity index (χ1) is 8.54. The van der Waals surface area contributed by atoms with Crippen molar-refractivity contribution >= 4 is 10.1 Å². The summed E-state index contributed by atoms with van der Waals surface area (Å²) in [6.45, 7) is 2.14. The maximum atomic E-state index is 11.0. The van der Waals surface area contributed by atoms with Crippen LogP contribution in [0.25, 0.3) is 0 Å². The van der Waals surface area contributed by atoms with E-state index in [4.69, 9.17) is 4.18 Å². The van der Waals surface area contributed by atoms with Crippen LogP contribution in [-0.4, -0.2) is 38.8 Å². The van der Waals surface area contributed by atoms with E-state index in [0.29, 0.717) is 0 Å². The molecule has 0 saturated carbocycles. The van der Waals surface area contributed by atoms with E-state index in [1.54, 1.807) is 0 Å². The number of benzene rings is 1. The number of hydrogen-bond acceptors (Lipinski definition) is 4. The van der Waals surface area contributed by atoms with E-state index in [1.165, 1.54) is 5.56 Å². The van der Waals surface area contributed by atoms with Crippen LogP contribution in [0.4, 0.5) is 0 Å². The molecule has 2 rings (SSSR count). The Kier molecular flexibility index (Phi) is 4.37. The van der Waals surface area contributed by atoms with Gasteiger partial charge in [-0.2, -0.15) is 8.42 Å². The van der Waals surface area contributed by atoms with Crippen molar-refractivity contribution in [1.29, 1.82) is 0 Å². The molecule has 0 radical (unpaired) electrons. The minimum Gasteiger partial charge on any atom is -0.294 e. The molecule has 0 bridgehead atoms. The molecule has 1 heterocycles. The zero-order chi connectivity index (χ0) is 13.0. The minimum absolute atomic E-state index is 0.208. The summed E-state index contributed by atoms with van der Waals surface area (Å²) >= 11 is 0. The largest absolute Gasteiger partial charge is 0.294 e. The van der Waals surface area contributed by atoms with Gasteiger partial charge >= 0.3 is 0 Å². The molecule has 0 spiro atoms. The third-order valence-electron chi connectivity index (χ3n) is 3.20. The van der Waals surface area contributed by atoms with Gasteiger partial charge in [0.05, 0.1) is 12.9 Å². The van der Waals surface area contributed by atoms with Crippen molar-refractivity contribution in [3.8, 4) is 0 Å². The average molecular weight is 269 g/mol. The van der Waals surface area contributed by atoms with E-state index in [9.17, 15) is 8.42 Å². The number of likely N-dealkylation sites (tertiary alicyclic amines) is 1. The van der Waals surface area contributed by atoms with Crippen LogP contribution in [0.15, 0.2) is 30.3 Å². The summed E-state index contributed by atoms with van der Waals surface area (Å²) < 4.78 is 26.9. The fourth-order valence-electron chi connectivity index (χ4n) is 2.31. The number of rotatable bonds is 5. The van der Waals surface area contributed by atoms with Gasteiger partial charge < -0.3 is 0 Å². The van der Waals surface area contributed by atoms with Gasteiger partial charge in [-0.25, -0.2) is 0 Å². The molecule has 0 aliphatic carbocycles. The molecule has 1 aromatic carbocycles. The van der Waals surface area contributed by atoms with E-state index >= 15 is 0 Å². The van der Waals surface area contributed by atoms with Crippen LogP contribution in [0.3, 0.4) is 0 Å². The molecular formula is C13H19NO3S. The Hall–Kier alpha value is -0.910. The van der Waals surface area contributed by atoms with Crippen LogP contribution >= 0.6 is 0 Å². The SMILES string of the molecule is CS(=O)(=O)OC[C@@H]1CCCN1Cc1ccccc1. The summed E-state index contributed by atoms with van der Waals surface area (Å²) in [5.41, 5.74) is 1.25. The lowest BCUT2D eigenvalue weighted by molar-refractivity contribution is 0.171. The average Bonchev–Trinajstić information content (AvgIpc) is 2.74. The van der Waals surface area contributed by atoms with Gasteiger partial charge in [-0.3, -0.25) is 9.08 Å². The van der Waals surface area contributed by atoms with Crippen molar-refractivity contribution in [3.63, 3.8) is 0 Å². The molecule has 4 nitrogen and oxygen atoms in total. The molecule has 1 aliphatic heterocycles. The van der Waals surface area contributed by atoms with Crippen molar-refractivity contribution in [2.45, 2.75) is 25.4 Å². The topological polar surface area (TPSA) is 46.6 Å². The predicted molar refractivity (Wildman–Crippen MR) is 70.7 cm³/mol. The summed E-state index contributed by atoms with van der Waals surface area (Å²) in [6, 6.07) is 10.4. The fourth-order valence-corrected chi connectivity index (χ4v) is 2.72. The Labute approximate surface area is 109 Å². The van der Waals surface area contributed by atoms with Gasteiger partial charge in [0.2, 0.25) is 0 Å². The number of hydrogen-bond donors (Lipinski definition) is 0. The summed E-state index contributed by atoms with van der Waals surface area (Å²) in [7, 11) is -3.33. The fraction of sp³-hybridized carbons (Fsp3) is 0.538. The lowest BCUT2D eigenvalue weighted by Crippen LogP contribution is -2.33. The smallest absolute Gasteiger partial charge is 0.264 e. The monoisotopic (exact) mass is 269 g/mol. The highest BCUT2D eigenvalue weighted by Gasteiger charge is 2.25. The molecule has 1 fully saturated rings. The van der Waals surface area contributed by atoms with Gasteiger partial charge in [0.25, 0.3) is 10.1 Å². The molecule has 0 aromatic heterocycles. The van der Waals surface area contributed by atoms with E-state index in [2.05, 4.69) is 17.0 Å². The van der Waals surface area contributed by atoms with Gasteiger partial charge in [-0.1, -0.05) is 30.3 Å². The highest BCUT2D eigenvalue weighted by molar-refractivity contribution is 7.85. The van der Waals surface area contributed by atoms with Crippen molar-refractivity contribution in [3.05, 3.63) is 35.9 Å². The van der Waals surface area contributed by atoms with Gasteiger partial charge in [0.15, 0.2) is 0 Å². The third kappa shape index (κ3) is 4.08. The molecule has 18 heavy (non-hydrogen) atoms. The molecule has 0 N–H and O–H groups in total. The Morgan fingerprint density at radius 2 is 2.06 bits per heavy atom. The lowest BCUT2D eigenvalue weighted by atomic mass is 10.2. The van der Waals surface area contributed by atoms with E-state index < -0.39 is 10.1 Å². The van der Waals surface area contributed by atoms with Crippen LogP contribution in [-0.2, 0) is 20.8 Å². The van der Waals surface area contributed by atoms with Crippen molar-refractivity contribution < 1.29 is 12.6 Å². The standard InChI is InChI=1S/C13H19NO3S/c1-18(15,16)17-11-13-8-5-9-14(13)10-12-6-3-2-4-7-12/h2-4,6-7,13H,5,8-11H2,1H3/t13-/m0/s1. The first-order valence-corrected chi connectivity index (χ1v) is 7.98. The third-order valence-corrected chi connectivity index (χ3v) is 3.77. The van der Waals surface area contributed by atoms with Crippen LogP contribution in [0.1, 0.15) is 18.4 Å². The second-order valence-electron chi connectivity index (χ2n) is 4.74. The molecule has 0 amide bonds. The van der Waals surface area contributed by atoms with Crippen molar-refractivity contribution in [2.75, 3.05) is 19.4 Å². The van der Waals surface area contributed by atoms with Gasteiger partial charge in [0.1, 0.15) is 0 Å². The normalized spacial score (nSPS) is 21.3. The minimum atomic E-state index is -3.33. The second-order valence-corrected chi connectivity index (χ2v) is 6.38. The van der Waals surface area contributed by atoms with E-state index in [0.717, 1.165) is 32.2 Å². The van der Waals surface area contributed by atoms with Gasteiger partial charge in [-0.15, -0.1) is 0 Å². The maximum Gasteiger partial charge on any atom is 0.264 e. The van der Waals surface area contributed by atoms with Crippen LogP contribution in [0.5, 0.6) is 0 Å². The van der Waals surface area contributed by atoms with Crippen molar-refractivity contribution in [1.82, 2.24) is 4.90 Å². The van der Waals surface area contributed by atoms with E-state index in [1.807, 2.05) is 18.2 Å². The van der Waals surface area contributed by atoms with Crippen LogP contribution in [0, 0.1) is 0 Å². The first kappa shape index (κ1) is 13.5. The summed E-state index contributed by atoms with van der Waals surface area (Å²) in [6.07, 6.45) is 3.20. The first-order valence-electron chi connectivity index (χ1n) is 6.17. The zero-order valence-corrected chi connectivity index (χ0v) is 11.4. The number of nitrogens with zero attached hydrogens (tertiary/aromatic N) is 1. The lowest BCUT2D eigenvalue weighted by Gasteiger charge is -2.23. The highest BCUT2D eigenvalue weighted by atomic mass is 32.2. The summed E-state index contributed by atoms with van der Waals surface area (Å²) in [5.74, 6) is 0. The van der Waals surface area contributed by atoms with Crippen LogP contribution < -0.4 is 0 Å². The quantitative estimate of drug-likeness (QED) is 0.762. The Bertz CT molecular complexity index is 472. The van der Waals surface area contributed by atoms with Crippen LogP contribution in [0.2, 0.25) is 0 Å². The molecule has 1 atom stereocenters. The Morgan fingerprint density at radius 1 is 1.33 bits per heavy atom. The zero-order valence-electron chi connectivity index (χ0n) is 10.6. The van der Waals surface area contributed by atoms with Gasteiger partial charge in [0, 0.05) is 12.6 Å². The molecule has 1 aliphatic rings. The maximum absolute atomic E-state index is 11.0. The molecule has 0 unspecified atom stereocenters.